The molecule has 1 saturated carbocycles. The highest BCUT2D eigenvalue weighted by Crippen LogP contribution is 2.31. The highest BCUT2D eigenvalue weighted by atomic mass is 35.5. The van der Waals surface area contributed by atoms with Gasteiger partial charge < -0.3 is 11.1 Å². The van der Waals surface area contributed by atoms with Crippen LogP contribution < -0.4 is 11.1 Å². The van der Waals surface area contributed by atoms with Gasteiger partial charge in [-0.3, -0.25) is 4.79 Å². The number of hydrogen-bond donors (Lipinski definition) is 2. The van der Waals surface area contributed by atoms with E-state index in [0.717, 1.165) is 12.8 Å². The first-order valence-electron chi connectivity index (χ1n) is 6.86. The smallest absolute Gasteiger partial charge is 0.273 e. The summed E-state index contributed by atoms with van der Waals surface area (Å²) in [4.78, 5) is 12.0. The Kier molecular flexibility index (Phi) is 5.39. The van der Waals surface area contributed by atoms with Gasteiger partial charge in [-0.05, 0) is 30.9 Å². The normalized spacial score (nSPS) is 15.0. The van der Waals surface area contributed by atoms with E-state index in [1.165, 1.54) is 4.68 Å². The molecule has 1 aliphatic rings. The number of carbonyl (C=O) groups is 1. The molecule has 0 radical (unpaired) electrons. The summed E-state index contributed by atoms with van der Waals surface area (Å²) in [5.41, 5.74) is 6.88. The summed E-state index contributed by atoms with van der Waals surface area (Å²) in [6, 6.07) is 7.26. The predicted octanol–water partition coefficient (Wildman–Crippen LogP) is 1.81. The quantitative estimate of drug-likeness (QED) is 0.868. The fraction of sp³-hybridized carbons (Fsp3) is 0.357. The minimum Gasteiger partial charge on any atom is -0.349 e. The molecule has 1 fully saturated rings. The van der Waals surface area contributed by atoms with Crippen molar-refractivity contribution in [1.82, 2.24) is 20.3 Å². The molecular weight excluding hydrogens is 325 g/mol. The van der Waals surface area contributed by atoms with Crippen LogP contribution in [0.1, 0.15) is 23.3 Å². The topological polar surface area (TPSA) is 85.8 Å². The standard InChI is InChI=1S/C14H16ClN5O.ClH/c15-10-3-1-2-4-13(10)20-8-12(18-19-20)14(21)17-7-11(16)9-5-6-9;/h1-4,8-9,11H,5-7,16H2,(H,17,21);1H. The van der Waals surface area contributed by atoms with Crippen molar-refractivity contribution in [3.8, 4) is 5.69 Å². The maximum absolute atomic E-state index is 12.0. The van der Waals surface area contributed by atoms with E-state index in [4.69, 9.17) is 17.3 Å². The van der Waals surface area contributed by atoms with Crippen molar-refractivity contribution in [2.75, 3.05) is 6.54 Å². The minimum atomic E-state index is -0.274. The molecule has 0 aliphatic heterocycles. The Hall–Kier alpha value is -1.63. The second-order valence-electron chi connectivity index (χ2n) is 5.21. The van der Waals surface area contributed by atoms with Crippen LogP contribution in [0.2, 0.25) is 5.02 Å². The average molecular weight is 342 g/mol. The van der Waals surface area contributed by atoms with E-state index in [9.17, 15) is 4.79 Å². The zero-order chi connectivity index (χ0) is 14.8. The van der Waals surface area contributed by atoms with Crippen molar-refractivity contribution in [1.29, 1.82) is 0 Å². The van der Waals surface area contributed by atoms with E-state index >= 15 is 0 Å². The van der Waals surface area contributed by atoms with Crippen molar-refractivity contribution in [3.63, 3.8) is 0 Å². The summed E-state index contributed by atoms with van der Waals surface area (Å²) in [7, 11) is 0. The van der Waals surface area contributed by atoms with Gasteiger partial charge in [-0.25, -0.2) is 4.68 Å². The molecule has 1 atom stereocenters. The number of nitrogens with one attached hydrogen (secondary N) is 1. The molecular formula is C14H17Cl2N5O. The van der Waals surface area contributed by atoms with Gasteiger partial charge in [-0.2, -0.15) is 0 Å². The van der Waals surface area contributed by atoms with Crippen molar-refractivity contribution in [3.05, 3.63) is 41.2 Å². The molecule has 2 aromatic rings. The predicted molar refractivity (Wildman–Crippen MR) is 86.6 cm³/mol. The molecule has 22 heavy (non-hydrogen) atoms. The molecule has 1 aromatic carbocycles. The van der Waals surface area contributed by atoms with Gasteiger partial charge >= 0.3 is 0 Å². The van der Waals surface area contributed by atoms with Crippen LogP contribution in [0, 0.1) is 5.92 Å². The van der Waals surface area contributed by atoms with E-state index in [-0.39, 0.29) is 30.0 Å². The van der Waals surface area contributed by atoms with Gasteiger partial charge in [-0.1, -0.05) is 28.9 Å². The summed E-state index contributed by atoms with van der Waals surface area (Å²) in [6.45, 7) is 0.461. The third-order valence-electron chi connectivity index (χ3n) is 3.55. The second-order valence-corrected chi connectivity index (χ2v) is 5.62. The molecule has 0 saturated heterocycles. The van der Waals surface area contributed by atoms with Crippen molar-refractivity contribution in [2.24, 2.45) is 11.7 Å². The SMILES string of the molecule is Cl.NC(CNC(=O)c1cn(-c2ccccc2Cl)nn1)C1CC1. The lowest BCUT2D eigenvalue weighted by atomic mass is 10.2. The van der Waals surface area contributed by atoms with Gasteiger partial charge in [0.15, 0.2) is 5.69 Å². The lowest BCUT2D eigenvalue weighted by molar-refractivity contribution is 0.0945. The van der Waals surface area contributed by atoms with Gasteiger partial charge in [0.25, 0.3) is 5.91 Å². The van der Waals surface area contributed by atoms with Crippen molar-refractivity contribution < 1.29 is 4.79 Å². The van der Waals surface area contributed by atoms with Crippen LogP contribution in [-0.2, 0) is 0 Å². The van der Waals surface area contributed by atoms with Crippen molar-refractivity contribution >= 4 is 29.9 Å². The lowest BCUT2D eigenvalue weighted by Crippen LogP contribution is -2.38. The van der Waals surface area contributed by atoms with E-state index in [1.807, 2.05) is 18.2 Å². The molecule has 1 aromatic heterocycles. The first kappa shape index (κ1) is 16.7. The highest BCUT2D eigenvalue weighted by Gasteiger charge is 2.28. The van der Waals surface area contributed by atoms with Crippen LogP contribution in [-0.4, -0.2) is 33.5 Å². The molecule has 118 valence electrons. The van der Waals surface area contributed by atoms with Gasteiger partial charge in [0.2, 0.25) is 0 Å². The largest absolute Gasteiger partial charge is 0.349 e. The van der Waals surface area contributed by atoms with Crippen LogP contribution in [0.25, 0.3) is 5.69 Å². The maximum Gasteiger partial charge on any atom is 0.273 e. The number of carbonyl (C=O) groups excluding carboxylic acids is 1. The molecule has 8 heteroatoms. The third-order valence-corrected chi connectivity index (χ3v) is 3.87. The number of hydrogen-bond acceptors (Lipinski definition) is 4. The van der Waals surface area contributed by atoms with Crippen molar-refractivity contribution in [2.45, 2.75) is 18.9 Å². The summed E-state index contributed by atoms with van der Waals surface area (Å²) in [6.07, 6.45) is 3.86. The Morgan fingerprint density at radius 3 is 2.86 bits per heavy atom. The molecule has 1 unspecified atom stereocenters. The second kappa shape index (κ2) is 7.09. The summed E-state index contributed by atoms with van der Waals surface area (Å²) < 4.78 is 1.48. The third kappa shape index (κ3) is 3.76. The number of rotatable bonds is 5. The Morgan fingerprint density at radius 2 is 2.18 bits per heavy atom. The zero-order valence-corrected chi connectivity index (χ0v) is 13.3. The number of benzene rings is 1. The summed E-state index contributed by atoms with van der Waals surface area (Å²) in [5.74, 6) is 0.272. The first-order chi connectivity index (χ1) is 10.1. The first-order valence-corrected chi connectivity index (χ1v) is 7.24. The Balaban J connectivity index is 0.00000176. The van der Waals surface area contributed by atoms with Crippen LogP contribution in [0.15, 0.2) is 30.5 Å². The molecule has 1 amide bonds. The molecule has 1 aliphatic carbocycles. The van der Waals surface area contributed by atoms with E-state index in [2.05, 4.69) is 15.6 Å². The van der Waals surface area contributed by atoms with Crippen LogP contribution in [0.3, 0.4) is 0 Å². The monoisotopic (exact) mass is 341 g/mol. The van der Waals surface area contributed by atoms with Gasteiger partial charge in [0.1, 0.15) is 0 Å². The molecule has 0 spiro atoms. The fourth-order valence-corrected chi connectivity index (χ4v) is 2.34. The summed E-state index contributed by atoms with van der Waals surface area (Å²) in [5, 5.41) is 11.1. The number of amides is 1. The Labute approximate surface area is 139 Å². The van der Waals surface area contributed by atoms with E-state index in [1.54, 1.807) is 12.3 Å². The van der Waals surface area contributed by atoms with Gasteiger partial charge in [0, 0.05) is 12.6 Å². The van der Waals surface area contributed by atoms with Crippen LogP contribution in [0.5, 0.6) is 0 Å². The summed E-state index contributed by atoms with van der Waals surface area (Å²) >= 11 is 6.09. The molecule has 0 bridgehead atoms. The number of aromatic nitrogens is 3. The minimum absolute atomic E-state index is 0. The number of nitrogens with zero attached hydrogens (tertiary/aromatic N) is 3. The Morgan fingerprint density at radius 1 is 1.45 bits per heavy atom. The number of nitrogens with two attached hydrogens (primary N) is 1. The molecule has 6 nitrogen and oxygen atoms in total. The molecule has 3 rings (SSSR count). The van der Waals surface area contributed by atoms with Gasteiger partial charge in [0.05, 0.1) is 16.9 Å². The lowest BCUT2D eigenvalue weighted by Gasteiger charge is -2.10. The molecule has 3 N–H and O–H groups in total. The molecule has 1 heterocycles. The Bertz CT molecular complexity index is 656. The average Bonchev–Trinajstić information content (AvgIpc) is 3.23. The van der Waals surface area contributed by atoms with Crippen LogP contribution in [0.4, 0.5) is 0 Å². The van der Waals surface area contributed by atoms with E-state index in [0.29, 0.717) is 23.2 Å². The van der Waals surface area contributed by atoms with Crippen LogP contribution >= 0.6 is 24.0 Å². The van der Waals surface area contributed by atoms with Gasteiger partial charge in [-0.15, -0.1) is 17.5 Å². The maximum atomic E-state index is 12.0. The number of para-hydroxylation sites is 1. The fourth-order valence-electron chi connectivity index (χ4n) is 2.12. The highest BCUT2D eigenvalue weighted by molar-refractivity contribution is 6.32. The number of halogens is 2. The van der Waals surface area contributed by atoms with E-state index < -0.39 is 0 Å². The zero-order valence-electron chi connectivity index (χ0n) is 11.8.